The third-order valence-electron chi connectivity index (χ3n) is 3.85. The van der Waals surface area contributed by atoms with Crippen LogP contribution in [0.4, 0.5) is 11.4 Å². The van der Waals surface area contributed by atoms with Crippen LogP contribution < -0.4 is 15.0 Å². The van der Waals surface area contributed by atoms with E-state index in [1.165, 1.54) is 12.1 Å². The van der Waals surface area contributed by atoms with Crippen molar-refractivity contribution in [2.24, 2.45) is 0 Å². The maximum atomic E-state index is 12.3. The summed E-state index contributed by atoms with van der Waals surface area (Å²) < 4.78 is 10.1. The summed E-state index contributed by atoms with van der Waals surface area (Å²) >= 11 is 0. The highest BCUT2D eigenvalue weighted by Gasteiger charge is 2.20. The van der Waals surface area contributed by atoms with Crippen LogP contribution >= 0.6 is 0 Å². The lowest BCUT2D eigenvalue weighted by Gasteiger charge is -2.16. The zero-order chi connectivity index (χ0) is 20.7. The number of hydrogen-bond donors (Lipinski definition) is 1. The molecule has 0 aliphatic heterocycles. The van der Waals surface area contributed by atoms with Crippen molar-refractivity contribution in [1.29, 1.82) is 0 Å². The molecule has 2 aromatic carbocycles. The van der Waals surface area contributed by atoms with Crippen molar-refractivity contribution in [3.05, 3.63) is 63.7 Å². The topological polar surface area (TPSA) is 111 Å². The number of anilines is 1. The molecule has 1 N–H and O–H groups in total. The van der Waals surface area contributed by atoms with Gasteiger partial charge in [-0.25, -0.2) is 4.79 Å². The number of nitrogens with zero attached hydrogens (tertiary/aromatic N) is 2. The largest absolute Gasteiger partial charge is 0.497 e. The second-order valence-electron chi connectivity index (χ2n) is 6.06. The maximum absolute atomic E-state index is 12.3. The Labute approximate surface area is 162 Å². The Morgan fingerprint density at radius 2 is 1.93 bits per heavy atom. The minimum absolute atomic E-state index is 0.0137. The molecular weight excluding hydrogens is 366 g/mol. The van der Waals surface area contributed by atoms with Gasteiger partial charge in [0.1, 0.15) is 5.75 Å². The molecule has 0 radical (unpaired) electrons. The predicted octanol–water partition coefficient (Wildman–Crippen LogP) is 2.14. The summed E-state index contributed by atoms with van der Waals surface area (Å²) in [6, 6.07) is 11.1. The number of nitro groups is 1. The van der Waals surface area contributed by atoms with Crippen LogP contribution in [-0.2, 0) is 16.1 Å². The molecule has 28 heavy (non-hydrogen) atoms. The highest BCUT2D eigenvalue weighted by Crippen LogP contribution is 2.25. The molecule has 0 saturated heterocycles. The van der Waals surface area contributed by atoms with E-state index in [0.29, 0.717) is 11.4 Å². The Morgan fingerprint density at radius 1 is 1.18 bits per heavy atom. The lowest BCUT2D eigenvalue weighted by atomic mass is 10.1. The van der Waals surface area contributed by atoms with Gasteiger partial charge in [0.2, 0.25) is 0 Å². The molecule has 2 aromatic rings. The molecule has 0 aliphatic rings. The molecule has 0 bridgehead atoms. The molecular formula is C19H21N3O6. The lowest BCUT2D eigenvalue weighted by molar-refractivity contribution is -0.384. The van der Waals surface area contributed by atoms with Gasteiger partial charge in [-0.15, -0.1) is 0 Å². The fourth-order valence-corrected chi connectivity index (χ4v) is 2.43. The average molecular weight is 387 g/mol. The Hall–Kier alpha value is -3.62. The molecule has 0 saturated carbocycles. The molecule has 2 rings (SSSR count). The summed E-state index contributed by atoms with van der Waals surface area (Å²) in [4.78, 5) is 36.3. The van der Waals surface area contributed by atoms with Crippen LogP contribution in [0.3, 0.4) is 0 Å². The summed E-state index contributed by atoms with van der Waals surface area (Å²) in [6.07, 6.45) is 0. The van der Waals surface area contributed by atoms with E-state index in [0.717, 1.165) is 11.6 Å². The number of ether oxygens (including phenoxy) is 2. The van der Waals surface area contributed by atoms with Crippen molar-refractivity contribution in [3.8, 4) is 5.75 Å². The number of nitrogens with one attached hydrogen (secondary N) is 1. The molecule has 148 valence electrons. The van der Waals surface area contributed by atoms with Gasteiger partial charge in [-0.05, 0) is 23.8 Å². The second-order valence-corrected chi connectivity index (χ2v) is 6.06. The number of benzene rings is 2. The molecule has 0 unspecified atom stereocenters. The lowest BCUT2D eigenvalue weighted by Crippen LogP contribution is -2.28. The van der Waals surface area contributed by atoms with Crippen molar-refractivity contribution in [1.82, 2.24) is 5.32 Å². The molecule has 0 atom stereocenters. The first-order valence-corrected chi connectivity index (χ1v) is 8.34. The van der Waals surface area contributed by atoms with Gasteiger partial charge in [0.25, 0.3) is 11.6 Å². The minimum Gasteiger partial charge on any atom is -0.497 e. The molecule has 0 fully saturated rings. The number of methoxy groups -OCH3 is 1. The molecule has 0 heterocycles. The van der Waals surface area contributed by atoms with Crippen LogP contribution in [0.1, 0.15) is 15.9 Å². The third kappa shape index (κ3) is 5.44. The van der Waals surface area contributed by atoms with E-state index in [1.807, 2.05) is 6.07 Å². The normalized spacial score (nSPS) is 10.1. The van der Waals surface area contributed by atoms with Crippen molar-refractivity contribution >= 4 is 23.3 Å². The highest BCUT2D eigenvalue weighted by molar-refractivity contribution is 5.97. The predicted molar refractivity (Wildman–Crippen MR) is 103 cm³/mol. The number of non-ortho nitro benzene ring substituents is 1. The number of hydrogen-bond acceptors (Lipinski definition) is 7. The SMILES string of the molecule is COc1cccc(CNC(=O)COC(=O)c2cc([N+](=O)[O-])ccc2N(C)C)c1. The number of nitro benzene ring substituents is 1. The van der Waals surface area contributed by atoms with E-state index in [9.17, 15) is 19.7 Å². The van der Waals surface area contributed by atoms with Gasteiger partial charge in [0.15, 0.2) is 6.61 Å². The van der Waals surface area contributed by atoms with Gasteiger partial charge in [-0.2, -0.15) is 0 Å². The smallest absolute Gasteiger partial charge is 0.341 e. The number of rotatable bonds is 8. The van der Waals surface area contributed by atoms with Gasteiger partial charge in [0.05, 0.1) is 23.3 Å². The summed E-state index contributed by atoms with van der Waals surface area (Å²) in [5, 5.41) is 13.6. The number of carbonyl (C=O) groups excluding carboxylic acids is 2. The summed E-state index contributed by atoms with van der Waals surface area (Å²) in [5.74, 6) is -0.642. The minimum atomic E-state index is -0.816. The van der Waals surface area contributed by atoms with Crippen molar-refractivity contribution < 1.29 is 24.0 Å². The summed E-state index contributed by atoms with van der Waals surface area (Å²) in [5.41, 5.74) is 1.06. The molecule has 9 heteroatoms. The molecule has 9 nitrogen and oxygen atoms in total. The van der Waals surface area contributed by atoms with E-state index in [2.05, 4.69) is 5.32 Å². The fourth-order valence-electron chi connectivity index (χ4n) is 2.43. The number of esters is 1. The van der Waals surface area contributed by atoms with Gasteiger partial charge in [-0.1, -0.05) is 12.1 Å². The number of amides is 1. The molecule has 0 aliphatic carbocycles. The average Bonchev–Trinajstić information content (AvgIpc) is 2.69. The molecule has 0 spiro atoms. The Bertz CT molecular complexity index is 882. The summed E-state index contributed by atoms with van der Waals surface area (Å²) in [7, 11) is 4.94. The van der Waals surface area contributed by atoms with Crippen molar-refractivity contribution in [2.75, 3.05) is 32.7 Å². The first-order chi connectivity index (χ1) is 13.3. The monoisotopic (exact) mass is 387 g/mol. The van der Waals surface area contributed by atoms with Gasteiger partial charge in [0, 0.05) is 32.8 Å². The van der Waals surface area contributed by atoms with E-state index < -0.39 is 23.4 Å². The Balaban J connectivity index is 1.98. The van der Waals surface area contributed by atoms with Gasteiger partial charge < -0.3 is 19.7 Å². The Kier molecular flexibility index (Phi) is 6.91. The Morgan fingerprint density at radius 3 is 2.57 bits per heavy atom. The van der Waals surface area contributed by atoms with Crippen LogP contribution in [0.5, 0.6) is 5.75 Å². The first-order valence-electron chi connectivity index (χ1n) is 8.34. The zero-order valence-corrected chi connectivity index (χ0v) is 15.8. The van der Waals surface area contributed by atoms with Crippen LogP contribution in [0.15, 0.2) is 42.5 Å². The van der Waals surface area contributed by atoms with E-state index in [4.69, 9.17) is 9.47 Å². The first kappa shape index (κ1) is 20.7. The van der Waals surface area contributed by atoms with Crippen molar-refractivity contribution in [3.63, 3.8) is 0 Å². The molecule has 1 amide bonds. The number of carbonyl (C=O) groups is 2. The van der Waals surface area contributed by atoms with Crippen LogP contribution in [0.25, 0.3) is 0 Å². The second kappa shape index (κ2) is 9.36. The van der Waals surface area contributed by atoms with Crippen molar-refractivity contribution in [2.45, 2.75) is 6.54 Å². The van der Waals surface area contributed by atoms with E-state index >= 15 is 0 Å². The third-order valence-corrected chi connectivity index (χ3v) is 3.85. The standard InChI is InChI=1S/C19H21N3O6/c1-21(2)17-8-7-14(22(25)26)10-16(17)19(24)28-12-18(23)20-11-13-5-4-6-15(9-13)27-3/h4-10H,11-12H2,1-3H3,(H,20,23). The quantitative estimate of drug-likeness (QED) is 0.420. The maximum Gasteiger partial charge on any atom is 0.341 e. The van der Waals surface area contributed by atoms with E-state index in [-0.39, 0.29) is 17.8 Å². The van der Waals surface area contributed by atoms with Gasteiger partial charge >= 0.3 is 5.97 Å². The van der Waals surface area contributed by atoms with Crippen LogP contribution in [0, 0.1) is 10.1 Å². The van der Waals surface area contributed by atoms with E-state index in [1.54, 1.807) is 44.3 Å². The summed E-state index contributed by atoms with van der Waals surface area (Å²) in [6.45, 7) is -0.258. The highest BCUT2D eigenvalue weighted by atomic mass is 16.6. The fraction of sp³-hybridized carbons (Fsp3) is 0.263. The van der Waals surface area contributed by atoms with Crippen LogP contribution in [-0.4, -0.2) is 44.6 Å². The van der Waals surface area contributed by atoms with Crippen LogP contribution in [0.2, 0.25) is 0 Å². The molecule has 0 aromatic heterocycles. The van der Waals surface area contributed by atoms with Gasteiger partial charge in [-0.3, -0.25) is 14.9 Å². The zero-order valence-electron chi connectivity index (χ0n) is 15.8.